The van der Waals surface area contributed by atoms with Crippen LogP contribution >= 0.6 is 64.8 Å². The van der Waals surface area contributed by atoms with Crippen molar-refractivity contribution in [2.45, 2.75) is 0 Å². The lowest BCUT2D eigenvalue weighted by Crippen LogP contribution is -2.11. The molecule has 42 heavy (non-hydrogen) atoms. The highest BCUT2D eigenvalue weighted by molar-refractivity contribution is 9.10. The van der Waals surface area contributed by atoms with Crippen molar-refractivity contribution in [3.63, 3.8) is 0 Å². The Hall–Kier alpha value is -3.01. The Kier molecular flexibility index (Phi) is 12.6. The van der Waals surface area contributed by atoms with E-state index in [9.17, 15) is 9.18 Å². The van der Waals surface area contributed by atoms with Crippen molar-refractivity contribution in [3.05, 3.63) is 97.8 Å². The molecule has 6 aromatic rings. The molecule has 17 heteroatoms. The fourth-order valence-corrected chi connectivity index (χ4v) is 3.92. The number of H-pyrrole nitrogens is 1. The van der Waals surface area contributed by atoms with Crippen LogP contribution in [0.5, 0.6) is 0 Å². The lowest BCUT2D eigenvalue weighted by molar-refractivity contribution is 0.636. The average Bonchev–Trinajstić information content (AvgIpc) is 2.98. The van der Waals surface area contributed by atoms with Gasteiger partial charge in [-0.3, -0.25) is 9.18 Å². The van der Waals surface area contributed by atoms with Crippen LogP contribution < -0.4 is 5.56 Å². The summed E-state index contributed by atoms with van der Waals surface area (Å²) in [4.78, 5) is 43.7. The molecule has 2 aromatic carbocycles. The second kappa shape index (κ2) is 16.6. The number of nitrogens with zero attached hydrogens (tertiary/aromatic N) is 7. The van der Waals surface area contributed by atoms with Gasteiger partial charge in [0.25, 0.3) is 5.56 Å². The first-order chi connectivity index (χ1) is 20.6. The highest BCUT2D eigenvalue weighted by atomic mass is 79.9. The molecule has 0 aliphatic heterocycles. The molecule has 10 nitrogen and oxygen atoms in total. The number of hydrogen-bond acceptors (Lipinski definition) is 9. The maximum atomic E-state index is 11.8. The topological polar surface area (TPSA) is 140 Å². The normalized spacial score (nSPS) is 10.5. The van der Waals surface area contributed by atoms with E-state index in [4.69, 9.17) is 17.2 Å². The molecule has 4 heterocycles. The van der Waals surface area contributed by atoms with Gasteiger partial charge in [0, 0.05) is 66.2 Å². The summed E-state index contributed by atoms with van der Waals surface area (Å²) in [7, 11) is 6.36. The zero-order valence-electron chi connectivity index (χ0n) is 21.8. The largest absolute Gasteiger partial charge is 0.305 e. The highest BCUT2D eigenvalue weighted by Crippen LogP contribution is 2.23. The zero-order chi connectivity index (χ0) is 31.4. The summed E-state index contributed by atoms with van der Waals surface area (Å²) in [5, 5.41) is 0.311. The average molecular weight is 779 g/mol. The van der Waals surface area contributed by atoms with Crippen LogP contribution in [0.25, 0.3) is 45.1 Å². The lowest BCUT2D eigenvalue weighted by Gasteiger charge is -2.03. The number of rotatable bonds is 2. The number of aromatic amines is 1. The van der Waals surface area contributed by atoms with Gasteiger partial charge in [-0.05, 0) is 24.3 Å². The SMILES string of the molecule is Clc1nc(-c2ccc(Br)cc2)nc2nccnc12.O=S(Cl)Cl.O=c1[nH]c(-c2ccc(Br)cc2)nc2nccnc12.[2H]CF. The van der Waals surface area contributed by atoms with Crippen molar-refractivity contribution < 1.29 is 9.97 Å². The molecule has 0 aliphatic rings. The van der Waals surface area contributed by atoms with Crippen molar-refractivity contribution >= 4 is 96.4 Å². The summed E-state index contributed by atoms with van der Waals surface area (Å²) in [6.45, 7) is 0. The van der Waals surface area contributed by atoms with E-state index in [0.29, 0.717) is 33.6 Å². The Labute approximate surface area is 272 Å². The van der Waals surface area contributed by atoms with E-state index in [1.54, 1.807) is 12.4 Å². The molecule has 0 spiro atoms. The molecule has 6 rings (SSSR count). The summed E-state index contributed by atoms with van der Waals surface area (Å²) in [6.07, 6.45) is 6.13. The van der Waals surface area contributed by atoms with Gasteiger partial charge in [-0.1, -0.05) is 67.7 Å². The molecule has 0 radical (unpaired) electrons. The van der Waals surface area contributed by atoms with Crippen molar-refractivity contribution in [1.82, 2.24) is 39.9 Å². The summed E-state index contributed by atoms with van der Waals surface area (Å²) in [5.74, 6) is 1.03. The van der Waals surface area contributed by atoms with Crippen molar-refractivity contribution in [1.29, 1.82) is 0 Å². The Morgan fingerprint density at radius 3 is 1.79 bits per heavy atom. The van der Waals surface area contributed by atoms with Crippen LogP contribution in [0.2, 0.25) is 5.15 Å². The van der Waals surface area contributed by atoms with Crippen LogP contribution in [-0.2, 0) is 9.23 Å². The van der Waals surface area contributed by atoms with Crippen LogP contribution in [0.3, 0.4) is 0 Å². The van der Waals surface area contributed by atoms with Crippen molar-refractivity contribution in [2.75, 3.05) is 7.15 Å². The third kappa shape index (κ3) is 9.51. The van der Waals surface area contributed by atoms with E-state index < -0.39 is 16.4 Å². The van der Waals surface area contributed by atoms with E-state index in [1.165, 1.54) is 12.4 Å². The third-order valence-electron chi connectivity index (χ3n) is 4.85. The number of benzene rings is 2. The summed E-state index contributed by atoms with van der Waals surface area (Å²) >= 11 is 12.8. The van der Waals surface area contributed by atoms with Crippen LogP contribution in [0.4, 0.5) is 4.39 Å². The minimum atomic E-state index is -1.67. The van der Waals surface area contributed by atoms with Gasteiger partial charge in [0.1, 0.15) is 11.3 Å². The van der Waals surface area contributed by atoms with E-state index in [1.807, 2.05) is 48.5 Å². The Balaban J connectivity index is 0.000000194. The van der Waals surface area contributed by atoms with Gasteiger partial charge in [-0.2, -0.15) is 0 Å². The van der Waals surface area contributed by atoms with Crippen LogP contribution in [0, 0.1) is 0 Å². The van der Waals surface area contributed by atoms with E-state index in [2.05, 4.69) is 93.1 Å². The van der Waals surface area contributed by atoms with Gasteiger partial charge in [0.05, 0.1) is 8.52 Å². The second-order valence-corrected chi connectivity index (χ2v) is 12.1. The highest BCUT2D eigenvalue weighted by Gasteiger charge is 2.09. The number of alkyl halides is 1. The maximum absolute atomic E-state index is 11.8. The number of nitrogens with one attached hydrogen (secondary N) is 1. The van der Waals surface area contributed by atoms with Gasteiger partial charge in [-0.25, -0.2) is 39.1 Å². The number of fused-ring (bicyclic) bond motifs is 2. The maximum Gasteiger partial charge on any atom is 0.279 e. The third-order valence-corrected chi connectivity index (χ3v) is 6.17. The zero-order valence-corrected chi connectivity index (χ0v) is 27.0. The van der Waals surface area contributed by atoms with Gasteiger partial charge in [-0.15, -0.1) is 0 Å². The molecule has 0 saturated heterocycles. The molecule has 0 aliphatic carbocycles. The molecule has 1 N–H and O–H groups in total. The molecule has 0 fully saturated rings. The molecule has 216 valence electrons. The van der Waals surface area contributed by atoms with Crippen molar-refractivity contribution in [2.24, 2.45) is 0 Å². The molecule has 0 saturated carbocycles. The first-order valence-corrected chi connectivity index (χ1v) is 15.9. The van der Waals surface area contributed by atoms with E-state index in [-0.39, 0.29) is 11.1 Å². The fraction of sp³-hybridized carbons (Fsp3) is 0.0400. The number of aromatic nitrogens is 8. The molecule has 0 bridgehead atoms. The molecule has 0 amide bonds. The van der Waals surface area contributed by atoms with E-state index >= 15 is 0 Å². The van der Waals surface area contributed by atoms with Crippen molar-refractivity contribution in [3.8, 4) is 22.8 Å². The first kappa shape index (κ1) is 31.9. The standard InChI is InChI=1S/C12H6BrClN4.C12H7BrN4O.CH3F.Cl2OS/c13-8-3-1-7(2-4-8)11-17-10(14)9-12(18-11)16-6-5-15-9;13-8-3-1-7(2-4-8)10-16-11-9(12(18)17-10)14-5-6-15-11;1-2;1-4(2)3/h1-6H;1-6H,(H,15,16,17,18);1H3;/i;;1D;. The van der Waals surface area contributed by atoms with Crippen LogP contribution in [-0.4, -0.2) is 51.2 Å². The molecular weight excluding hydrogens is 762 g/mol. The second-order valence-electron chi connectivity index (χ2n) is 7.41. The molecule has 0 unspecified atom stereocenters. The molecular formula is C25H16Br2Cl3FN8O2S. The summed E-state index contributed by atoms with van der Waals surface area (Å²) in [5.41, 5.74) is 3.02. The van der Waals surface area contributed by atoms with Gasteiger partial charge in [0.2, 0.25) is 9.23 Å². The Morgan fingerprint density at radius 2 is 1.24 bits per heavy atom. The number of halogens is 6. The van der Waals surface area contributed by atoms with E-state index in [0.717, 1.165) is 20.1 Å². The van der Waals surface area contributed by atoms with Gasteiger partial charge in [0.15, 0.2) is 27.8 Å². The minimum absolute atomic E-state index is 0.248. The van der Waals surface area contributed by atoms with Gasteiger partial charge < -0.3 is 4.98 Å². The summed E-state index contributed by atoms with van der Waals surface area (Å²) in [6, 6.07) is 15.2. The monoisotopic (exact) mass is 775 g/mol. The predicted molar refractivity (Wildman–Crippen MR) is 171 cm³/mol. The minimum Gasteiger partial charge on any atom is -0.305 e. The smallest absolute Gasteiger partial charge is 0.279 e. The van der Waals surface area contributed by atoms with Crippen LogP contribution in [0.1, 0.15) is 1.37 Å². The van der Waals surface area contributed by atoms with Crippen LogP contribution in [0.15, 0.2) is 87.1 Å². The number of hydrogen-bond donors (Lipinski definition) is 1. The lowest BCUT2D eigenvalue weighted by atomic mass is 10.2. The Bertz CT molecular complexity index is 1890. The van der Waals surface area contributed by atoms with Gasteiger partial charge >= 0.3 is 0 Å². The molecule has 4 aromatic heterocycles. The summed E-state index contributed by atoms with van der Waals surface area (Å²) < 4.78 is 26.6. The fourth-order valence-electron chi connectivity index (χ4n) is 3.18. The predicted octanol–water partition coefficient (Wildman–Crippen LogP) is 7.27. The molecule has 0 atom stereocenters. The first-order valence-electron chi connectivity index (χ1n) is 11.8. The quantitative estimate of drug-likeness (QED) is 0.142. The Morgan fingerprint density at radius 1 is 0.786 bits per heavy atom.